The van der Waals surface area contributed by atoms with Gasteiger partial charge in [-0.1, -0.05) is 27.2 Å². The molecule has 0 aliphatic carbocycles. The van der Waals surface area contributed by atoms with E-state index >= 15 is 0 Å². The number of thiophene rings is 1. The fourth-order valence-corrected chi connectivity index (χ4v) is 2.50. The van der Waals surface area contributed by atoms with Crippen molar-refractivity contribution < 1.29 is 4.42 Å². The van der Waals surface area contributed by atoms with Crippen LogP contribution in [0.5, 0.6) is 0 Å². The topological polar surface area (TPSA) is 56.7 Å². The highest BCUT2D eigenvalue weighted by atomic mass is 79.9. The molecule has 3 heterocycles. The van der Waals surface area contributed by atoms with Gasteiger partial charge in [0.05, 0.1) is 28.1 Å². The van der Waals surface area contributed by atoms with Crippen LogP contribution in [0.2, 0.25) is 0 Å². The first-order chi connectivity index (χ1) is 9.22. The van der Waals surface area contributed by atoms with Gasteiger partial charge in [0.2, 0.25) is 5.89 Å². The minimum absolute atomic E-state index is 0.195. The predicted molar refractivity (Wildman–Crippen MR) is 76.3 cm³/mol. The molecule has 5 nitrogen and oxygen atoms in total. The lowest BCUT2D eigenvalue weighted by atomic mass is 10.4. The third kappa shape index (κ3) is 2.76. The van der Waals surface area contributed by atoms with Crippen LogP contribution in [0.15, 0.2) is 34.4 Å². The van der Waals surface area contributed by atoms with Crippen molar-refractivity contribution in [2.75, 3.05) is 0 Å². The van der Waals surface area contributed by atoms with Crippen molar-refractivity contribution in [1.82, 2.24) is 20.0 Å². The van der Waals surface area contributed by atoms with E-state index in [0.29, 0.717) is 12.4 Å². The number of aromatic nitrogens is 4. The van der Waals surface area contributed by atoms with Crippen LogP contribution in [0.1, 0.15) is 23.1 Å². The Kier molecular flexibility index (Phi) is 3.48. The first kappa shape index (κ1) is 12.6. The Hall–Kier alpha value is -1.47. The number of alkyl halides is 1. The number of hydrogen-bond acceptors (Lipinski definition) is 5. The standard InChI is InChI=1S/C12H11BrN4OS/c1-8(13)10-6-17(16-15-10)5-9-7-18-12(14-9)11-3-2-4-19-11/h2-4,6-8H,5H2,1H3. The molecule has 0 fully saturated rings. The summed E-state index contributed by atoms with van der Waals surface area (Å²) in [6.07, 6.45) is 3.56. The molecule has 0 spiro atoms. The molecule has 3 aromatic heterocycles. The van der Waals surface area contributed by atoms with Crippen LogP contribution < -0.4 is 0 Å². The van der Waals surface area contributed by atoms with Gasteiger partial charge in [-0.25, -0.2) is 9.67 Å². The van der Waals surface area contributed by atoms with Gasteiger partial charge < -0.3 is 4.42 Å². The lowest BCUT2D eigenvalue weighted by molar-refractivity contribution is 0.569. The maximum Gasteiger partial charge on any atom is 0.236 e. The summed E-state index contributed by atoms with van der Waals surface area (Å²) in [5, 5.41) is 10.1. The molecular weight excluding hydrogens is 328 g/mol. The van der Waals surface area contributed by atoms with Gasteiger partial charge in [0, 0.05) is 0 Å². The van der Waals surface area contributed by atoms with Gasteiger partial charge in [0.1, 0.15) is 12.0 Å². The second-order valence-electron chi connectivity index (χ2n) is 4.08. The number of halogens is 1. The van der Waals surface area contributed by atoms with Crippen LogP contribution in [-0.4, -0.2) is 20.0 Å². The highest BCUT2D eigenvalue weighted by Crippen LogP contribution is 2.24. The smallest absolute Gasteiger partial charge is 0.236 e. The van der Waals surface area contributed by atoms with Crippen LogP contribution in [-0.2, 0) is 6.54 Å². The van der Waals surface area contributed by atoms with E-state index in [9.17, 15) is 0 Å². The third-order valence-electron chi connectivity index (χ3n) is 2.57. The van der Waals surface area contributed by atoms with Crippen LogP contribution in [0.4, 0.5) is 0 Å². The van der Waals surface area contributed by atoms with Crippen molar-refractivity contribution in [2.24, 2.45) is 0 Å². The average molecular weight is 339 g/mol. The molecule has 7 heteroatoms. The molecule has 98 valence electrons. The van der Waals surface area contributed by atoms with Gasteiger partial charge in [0.25, 0.3) is 0 Å². The van der Waals surface area contributed by atoms with Gasteiger partial charge in [-0.15, -0.1) is 16.4 Å². The van der Waals surface area contributed by atoms with Crippen LogP contribution >= 0.6 is 27.3 Å². The molecule has 0 saturated carbocycles. The number of oxazole rings is 1. The van der Waals surface area contributed by atoms with Gasteiger partial charge in [0.15, 0.2) is 0 Å². The molecular formula is C12H11BrN4OS. The number of rotatable bonds is 4. The molecule has 0 bridgehead atoms. The maximum atomic E-state index is 5.46. The Labute approximate surface area is 122 Å². The van der Waals surface area contributed by atoms with E-state index in [2.05, 4.69) is 31.2 Å². The van der Waals surface area contributed by atoms with Crippen LogP contribution in [0.25, 0.3) is 10.8 Å². The molecule has 19 heavy (non-hydrogen) atoms. The fraction of sp³-hybridized carbons (Fsp3) is 0.250. The molecule has 3 aromatic rings. The van der Waals surface area contributed by atoms with E-state index in [0.717, 1.165) is 16.3 Å². The molecule has 0 amide bonds. The van der Waals surface area contributed by atoms with Gasteiger partial charge in [-0.2, -0.15) is 0 Å². The molecule has 0 N–H and O–H groups in total. The minimum atomic E-state index is 0.195. The fourth-order valence-electron chi connectivity index (χ4n) is 1.63. The van der Waals surface area contributed by atoms with Crippen molar-refractivity contribution >= 4 is 27.3 Å². The molecule has 0 aliphatic rings. The summed E-state index contributed by atoms with van der Waals surface area (Å²) >= 11 is 5.07. The Morgan fingerprint density at radius 1 is 1.53 bits per heavy atom. The van der Waals surface area contributed by atoms with Crippen molar-refractivity contribution in [3.05, 3.63) is 41.4 Å². The largest absolute Gasteiger partial charge is 0.443 e. The number of nitrogens with zero attached hydrogens (tertiary/aromatic N) is 4. The Bertz CT molecular complexity index is 659. The highest BCUT2D eigenvalue weighted by molar-refractivity contribution is 9.09. The Morgan fingerprint density at radius 3 is 3.11 bits per heavy atom. The van der Waals surface area contributed by atoms with Gasteiger partial charge in [-0.05, 0) is 18.4 Å². The lowest BCUT2D eigenvalue weighted by Crippen LogP contribution is -2.00. The van der Waals surface area contributed by atoms with E-state index < -0.39 is 0 Å². The minimum Gasteiger partial charge on any atom is -0.443 e. The van der Waals surface area contributed by atoms with E-state index in [-0.39, 0.29) is 4.83 Å². The molecule has 1 unspecified atom stereocenters. The zero-order chi connectivity index (χ0) is 13.2. The molecule has 0 aliphatic heterocycles. The van der Waals surface area contributed by atoms with Crippen molar-refractivity contribution in [1.29, 1.82) is 0 Å². The van der Waals surface area contributed by atoms with Gasteiger partial charge in [-0.3, -0.25) is 0 Å². The second-order valence-corrected chi connectivity index (χ2v) is 6.40. The van der Waals surface area contributed by atoms with E-state index in [1.54, 1.807) is 22.3 Å². The summed E-state index contributed by atoms with van der Waals surface area (Å²) in [5.74, 6) is 0.652. The Balaban J connectivity index is 1.76. The van der Waals surface area contributed by atoms with Gasteiger partial charge >= 0.3 is 0 Å². The SMILES string of the molecule is CC(Br)c1cn(Cc2coc(-c3cccs3)n2)nn1. The molecule has 1 atom stereocenters. The summed E-state index contributed by atoms with van der Waals surface area (Å²) in [5.41, 5.74) is 1.74. The highest BCUT2D eigenvalue weighted by Gasteiger charge is 2.10. The summed E-state index contributed by atoms with van der Waals surface area (Å²) < 4.78 is 7.22. The Morgan fingerprint density at radius 2 is 2.42 bits per heavy atom. The summed E-state index contributed by atoms with van der Waals surface area (Å²) in [7, 11) is 0. The first-order valence-corrected chi connectivity index (χ1v) is 7.54. The molecule has 0 saturated heterocycles. The summed E-state index contributed by atoms with van der Waals surface area (Å²) in [4.78, 5) is 5.67. The molecule has 0 radical (unpaired) electrons. The zero-order valence-corrected chi connectivity index (χ0v) is 12.6. The zero-order valence-electron chi connectivity index (χ0n) is 10.2. The monoisotopic (exact) mass is 338 g/mol. The van der Waals surface area contributed by atoms with E-state index in [4.69, 9.17) is 4.42 Å². The summed E-state index contributed by atoms with van der Waals surface area (Å²) in [6.45, 7) is 2.57. The van der Waals surface area contributed by atoms with E-state index in [1.165, 1.54) is 0 Å². The summed E-state index contributed by atoms with van der Waals surface area (Å²) in [6, 6.07) is 3.96. The predicted octanol–water partition coefficient (Wildman–Crippen LogP) is 3.50. The van der Waals surface area contributed by atoms with Crippen LogP contribution in [0.3, 0.4) is 0 Å². The normalized spacial score (nSPS) is 12.7. The van der Waals surface area contributed by atoms with Crippen molar-refractivity contribution in [2.45, 2.75) is 18.3 Å². The molecule has 0 aromatic carbocycles. The van der Waals surface area contributed by atoms with Crippen molar-refractivity contribution in [3.8, 4) is 10.8 Å². The van der Waals surface area contributed by atoms with E-state index in [1.807, 2.05) is 30.6 Å². The van der Waals surface area contributed by atoms with Crippen LogP contribution in [0, 0.1) is 0 Å². The lowest BCUT2D eigenvalue weighted by Gasteiger charge is -1.95. The second kappa shape index (κ2) is 5.26. The first-order valence-electron chi connectivity index (χ1n) is 5.75. The number of hydrogen-bond donors (Lipinski definition) is 0. The maximum absolute atomic E-state index is 5.46. The third-order valence-corrected chi connectivity index (χ3v) is 3.90. The van der Waals surface area contributed by atoms with Crippen molar-refractivity contribution in [3.63, 3.8) is 0 Å². The quantitative estimate of drug-likeness (QED) is 0.683. The average Bonchev–Trinajstić information content (AvgIpc) is 3.09. The molecule has 3 rings (SSSR count).